The fraction of sp³-hybridized carbons (Fsp3) is 0.273. The number of nitrogens with one attached hydrogen (secondary N) is 1. The minimum absolute atomic E-state index is 0.323. The van der Waals surface area contributed by atoms with E-state index in [9.17, 15) is 0 Å². The Balaban J connectivity index is 2.39. The lowest BCUT2D eigenvalue weighted by Crippen LogP contribution is -1.89. The number of hydrogen-bond acceptors (Lipinski definition) is 2. The molecule has 0 aliphatic carbocycles. The van der Waals surface area contributed by atoms with Crippen LogP contribution >= 0.6 is 23.2 Å². The molecule has 0 radical (unpaired) electrons. The number of H-pyrrole nitrogens is 1. The summed E-state index contributed by atoms with van der Waals surface area (Å²) in [5, 5.41) is 8.08. The van der Waals surface area contributed by atoms with E-state index < -0.39 is 0 Å². The Hall–Kier alpha value is -1.06. The molecule has 2 rings (SSSR count). The minimum Gasteiger partial charge on any atom is -0.262 e. The van der Waals surface area contributed by atoms with Gasteiger partial charge in [-0.1, -0.05) is 37.0 Å². The van der Waals surface area contributed by atoms with Crippen LogP contribution in [0, 0.1) is 0 Å². The Morgan fingerprint density at radius 2 is 1.94 bits per heavy atom. The van der Waals surface area contributed by atoms with E-state index in [0.29, 0.717) is 21.8 Å². The van der Waals surface area contributed by atoms with E-state index in [-0.39, 0.29) is 0 Å². The second-order valence-electron chi connectivity index (χ2n) is 3.83. The number of aromatic amines is 1. The Bertz CT molecular complexity index is 506. The van der Waals surface area contributed by atoms with Gasteiger partial charge in [-0.05, 0) is 18.2 Å². The van der Waals surface area contributed by atoms with Gasteiger partial charge < -0.3 is 0 Å². The molecule has 5 heteroatoms. The van der Waals surface area contributed by atoms with Crippen LogP contribution in [0.25, 0.3) is 11.4 Å². The fourth-order valence-corrected chi connectivity index (χ4v) is 1.59. The van der Waals surface area contributed by atoms with Crippen LogP contribution in [0.5, 0.6) is 0 Å². The van der Waals surface area contributed by atoms with Crippen molar-refractivity contribution in [1.82, 2.24) is 15.2 Å². The zero-order valence-corrected chi connectivity index (χ0v) is 10.5. The topological polar surface area (TPSA) is 41.6 Å². The van der Waals surface area contributed by atoms with E-state index >= 15 is 0 Å². The van der Waals surface area contributed by atoms with Gasteiger partial charge in [0.15, 0.2) is 5.82 Å². The first-order chi connectivity index (χ1) is 7.58. The molecule has 1 aromatic carbocycles. The van der Waals surface area contributed by atoms with Crippen molar-refractivity contribution in [1.29, 1.82) is 0 Å². The lowest BCUT2D eigenvalue weighted by atomic mass is 10.2. The van der Waals surface area contributed by atoms with Gasteiger partial charge in [0.25, 0.3) is 0 Å². The monoisotopic (exact) mass is 255 g/mol. The number of halogens is 2. The molecule has 2 aromatic rings. The summed E-state index contributed by atoms with van der Waals surface area (Å²) in [6.45, 7) is 4.11. The molecule has 0 fully saturated rings. The molecular weight excluding hydrogens is 245 g/mol. The zero-order valence-electron chi connectivity index (χ0n) is 8.96. The summed E-state index contributed by atoms with van der Waals surface area (Å²) in [7, 11) is 0. The number of aromatic nitrogens is 3. The lowest BCUT2D eigenvalue weighted by Gasteiger charge is -1.98. The highest BCUT2D eigenvalue weighted by Crippen LogP contribution is 2.27. The van der Waals surface area contributed by atoms with Gasteiger partial charge in [-0.25, -0.2) is 4.98 Å². The van der Waals surface area contributed by atoms with Crippen molar-refractivity contribution < 1.29 is 0 Å². The fourth-order valence-electron chi connectivity index (χ4n) is 1.30. The normalized spacial score (nSPS) is 11.1. The molecule has 0 amide bonds. The van der Waals surface area contributed by atoms with Crippen molar-refractivity contribution in [2.75, 3.05) is 0 Å². The number of nitrogens with zero attached hydrogens (tertiary/aromatic N) is 2. The predicted octanol–water partition coefficient (Wildman–Crippen LogP) is 3.90. The van der Waals surface area contributed by atoms with Crippen molar-refractivity contribution in [3.63, 3.8) is 0 Å². The van der Waals surface area contributed by atoms with Crippen molar-refractivity contribution in [3.8, 4) is 11.4 Å². The first-order valence-electron chi connectivity index (χ1n) is 4.95. The van der Waals surface area contributed by atoms with Gasteiger partial charge in [0.1, 0.15) is 5.82 Å². The highest BCUT2D eigenvalue weighted by molar-refractivity contribution is 6.42. The molecule has 1 heterocycles. The second kappa shape index (κ2) is 4.44. The summed E-state index contributed by atoms with van der Waals surface area (Å²) in [5.41, 5.74) is 0.859. The van der Waals surface area contributed by atoms with Gasteiger partial charge in [-0.2, -0.15) is 5.10 Å². The van der Waals surface area contributed by atoms with Gasteiger partial charge in [-0.15, -0.1) is 0 Å². The van der Waals surface area contributed by atoms with Crippen LogP contribution in [0.4, 0.5) is 0 Å². The third-order valence-electron chi connectivity index (χ3n) is 2.23. The Morgan fingerprint density at radius 1 is 1.19 bits per heavy atom. The maximum atomic E-state index is 5.94. The van der Waals surface area contributed by atoms with Crippen LogP contribution in [-0.2, 0) is 0 Å². The smallest absolute Gasteiger partial charge is 0.181 e. The molecule has 0 aliphatic rings. The first-order valence-corrected chi connectivity index (χ1v) is 5.71. The van der Waals surface area contributed by atoms with Crippen molar-refractivity contribution in [2.45, 2.75) is 19.8 Å². The summed E-state index contributed by atoms with van der Waals surface area (Å²) in [6.07, 6.45) is 0. The minimum atomic E-state index is 0.323. The molecule has 16 heavy (non-hydrogen) atoms. The highest BCUT2D eigenvalue weighted by Gasteiger charge is 2.09. The number of hydrogen-bond donors (Lipinski definition) is 1. The number of rotatable bonds is 2. The number of benzene rings is 1. The maximum absolute atomic E-state index is 5.94. The Labute approximate surface area is 104 Å². The molecule has 0 saturated heterocycles. The SMILES string of the molecule is CC(C)c1nc(-c2ccc(Cl)c(Cl)c2)n[nH]1. The zero-order chi connectivity index (χ0) is 11.7. The van der Waals surface area contributed by atoms with E-state index in [4.69, 9.17) is 23.2 Å². The van der Waals surface area contributed by atoms with E-state index in [1.807, 2.05) is 6.07 Å². The molecule has 3 nitrogen and oxygen atoms in total. The summed E-state index contributed by atoms with van der Waals surface area (Å²) in [6, 6.07) is 5.35. The second-order valence-corrected chi connectivity index (χ2v) is 4.64. The van der Waals surface area contributed by atoms with E-state index in [1.54, 1.807) is 12.1 Å². The Kier molecular flexibility index (Phi) is 3.17. The molecule has 0 bridgehead atoms. The molecular formula is C11H11Cl2N3. The predicted molar refractivity (Wildman–Crippen MR) is 65.9 cm³/mol. The van der Waals surface area contributed by atoms with Crippen LogP contribution in [0.1, 0.15) is 25.6 Å². The molecule has 0 unspecified atom stereocenters. The van der Waals surface area contributed by atoms with Gasteiger partial charge >= 0.3 is 0 Å². The largest absolute Gasteiger partial charge is 0.262 e. The summed E-state index contributed by atoms with van der Waals surface area (Å²) >= 11 is 11.8. The molecule has 0 atom stereocenters. The molecule has 1 aromatic heterocycles. The van der Waals surface area contributed by atoms with Crippen LogP contribution in [0.15, 0.2) is 18.2 Å². The van der Waals surface area contributed by atoms with Crippen LogP contribution in [0.2, 0.25) is 10.0 Å². The summed E-state index contributed by atoms with van der Waals surface area (Å²) < 4.78 is 0. The quantitative estimate of drug-likeness (QED) is 0.885. The van der Waals surface area contributed by atoms with Gasteiger partial charge in [0.2, 0.25) is 0 Å². The van der Waals surface area contributed by atoms with Crippen molar-refractivity contribution in [2.24, 2.45) is 0 Å². The molecule has 0 aliphatic heterocycles. The third kappa shape index (κ3) is 2.20. The van der Waals surface area contributed by atoms with Gasteiger partial charge in [0, 0.05) is 11.5 Å². The van der Waals surface area contributed by atoms with Crippen molar-refractivity contribution >= 4 is 23.2 Å². The lowest BCUT2D eigenvalue weighted by molar-refractivity contribution is 0.781. The van der Waals surface area contributed by atoms with E-state index in [0.717, 1.165) is 11.4 Å². The summed E-state index contributed by atoms with van der Waals surface area (Å²) in [4.78, 5) is 4.38. The third-order valence-corrected chi connectivity index (χ3v) is 2.97. The van der Waals surface area contributed by atoms with Gasteiger partial charge in [-0.3, -0.25) is 5.10 Å². The average molecular weight is 256 g/mol. The van der Waals surface area contributed by atoms with Crippen LogP contribution in [-0.4, -0.2) is 15.2 Å². The van der Waals surface area contributed by atoms with Gasteiger partial charge in [0.05, 0.1) is 10.0 Å². The molecule has 1 N–H and O–H groups in total. The van der Waals surface area contributed by atoms with E-state index in [2.05, 4.69) is 29.0 Å². The first kappa shape index (κ1) is 11.4. The van der Waals surface area contributed by atoms with E-state index in [1.165, 1.54) is 0 Å². The summed E-state index contributed by atoms with van der Waals surface area (Å²) in [5.74, 6) is 1.83. The molecule has 84 valence electrons. The highest BCUT2D eigenvalue weighted by atomic mass is 35.5. The maximum Gasteiger partial charge on any atom is 0.181 e. The average Bonchev–Trinajstić information content (AvgIpc) is 2.71. The molecule has 0 saturated carbocycles. The van der Waals surface area contributed by atoms with Crippen LogP contribution < -0.4 is 0 Å². The van der Waals surface area contributed by atoms with Crippen molar-refractivity contribution in [3.05, 3.63) is 34.1 Å². The Morgan fingerprint density at radius 3 is 2.50 bits per heavy atom. The standard InChI is InChI=1S/C11H11Cl2N3/c1-6(2)10-14-11(16-15-10)7-3-4-8(12)9(13)5-7/h3-6H,1-2H3,(H,14,15,16). The molecule has 0 spiro atoms. The van der Waals surface area contributed by atoms with Crippen LogP contribution in [0.3, 0.4) is 0 Å².